The maximum Gasteiger partial charge on any atom is 0.268 e. The number of fused-ring (bicyclic) bond motifs is 1. The minimum atomic E-state index is -0.265. The number of nitrogens with zero attached hydrogens (tertiary/aromatic N) is 4. The van der Waals surface area contributed by atoms with Gasteiger partial charge in [0.05, 0.1) is 6.04 Å². The highest BCUT2D eigenvalue weighted by atomic mass is 16.2. The van der Waals surface area contributed by atoms with E-state index in [1.807, 2.05) is 6.92 Å². The highest BCUT2D eigenvalue weighted by Gasteiger charge is 2.24. The molecule has 3 heterocycles. The first kappa shape index (κ1) is 14.7. The van der Waals surface area contributed by atoms with E-state index in [-0.39, 0.29) is 17.9 Å². The molecule has 0 bridgehead atoms. The van der Waals surface area contributed by atoms with Gasteiger partial charge in [-0.1, -0.05) is 6.42 Å². The zero-order valence-corrected chi connectivity index (χ0v) is 12.6. The van der Waals surface area contributed by atoms with Gasteiger partial charge >= 0.3 is 0 Å². The van der Waals surface area contributed by atoms with Crippen molar-refractivity contribution in [1.29, 1.82) is 0 Å². The van der Waals surface area contributed by atoms with Crippen molar-refractivity contribution in [2.24, 2.45) is 5.10 Å². The minimum Gasteiger partial charge on any atom is -0.341 e. The molecule has 0 aromatic carbocycles. The average Bonchev–Trinajstić information content (AvgIpc) is 2.77. The predicted molar refractivity (Wildman–Crippen MR) is 78.9 cm³/mol. The monoisotopic (exact) mass is 304 g/mol. The standard InChI is InChI=1S/C14H20N6O2/c1-9(15-14(22)10-6-7-12(21)18-16-10)13-19-17-11-5-3-2-4-8-20(11)13/h9H,2-8H2,1H3,(H,15,22)(H,18,21)/t9-/m1/s1. The van der Waals surface area contributed by atoms with Crippen LogP contribution in [0.4, 0.5) is 0 Å². The van der Waals surface area contributed by atoms with Gasteiger partial charge in [0.2, 0.25) is 5.91 Å². The van der Waals surface area contributed by atoms with Crippen LogP contribution in [0.15, 0.2) is 5.10 Å². The van der Waals surface area contributed by atoms with Crippen LogP contribution in [0.3, 0.4) is 0 Å². The molecule has 2 aliphatic rings. The van der Waals surface area contributed by atoms with E-state index in [1.165, 1.54) is 6.42 Å². The third-order valence-corrected chi connectivity index (χ3v) is 4.04. The van der Waals surface area contributed by atoms with Gasteiger partial charge < -0.3 is 9.88 Å². The summed E-state index contributed by atoms with van der Waals surface area (Å²) < 4.78 is 2.11. The molecule has 118 valence electrons. The lowest BCUT2D eigenvalue weighted by Crippen LogP contribution is -2.38. The fraction of sp³-hybridized carbons (Fsp3) is 0.643. The molecule has 0 saturated heterocycles. The molecule has 2 aliphatic heterocycles. The number of nitrogens with one attached hydrogen (secondary N) is 2. The third kappa shape index (κ3) is 3.00. The van der Waals surface area contributed by atoms with Gasteiger partial charge in [0.25, 0.3) is 5.91 Å². The number of carbonyl (C=O) groups excluding carboxylic acids is 2. The molecule has 0 unspecified atom stereocenters. The Morgan fingerprint density at radius 3 is 2.86 bits per heavy atom. The maximum absolute atomic E-state index is 12.2. The lowest BCUT2D eigenvalue weighted by molar-refractivity contribution is -0.121. The van der Waals surface area contributed by atoms with E-state index in [4.69, 9.17) is 0 Å². The van der Waals surface area contributed by atoms with Crippen LogP contribution in [-0.4, -0.2) is 32.3 Å². The number of carbonyl (C=O) groups is 2. The molecule has 22 heavy (non-hydrogen) atoms. The Morgan fingerprint density at radius 1 is 1.23 bits per heavy atom. The van der Waals surface area contributed by atoms with E-state index < -0.39 is 0 Å². The van der Waals surface area contributed by atoms with Crippen molar-refractivity contribution in [1.82, 2.24) is 25.5 Å². The van der Waals surface area contributed by atoms with E-state index in [0.717, 1.165) is 37.5 Å². The van der Waals surface area contributed by atoms with Crippen LogP contribution in [0.25, 0.3) is 0 Å². The number of hydrogen-bond donors (Lipinski definition) is 2. The molecule has 0 fully saturated rings. The fourth-order valence-electron chi connectivity index (χ4n) is 2.81. The summed E-state index contributed by atoms with van der Waals surface area (Å²) in [5.74, 6) is 1.35. The lowest BCUT2D eigenvalue weighted by atomic mass is 10.1. The summed E-state index contributed by atoms with van der Waals surface area (Å²) >= 11 is 0. The van der Waals surface area contributed by atoms with Gasteiger partial charge in [0.15, 0.2) is 5.82 Å². The Hall–Kier alpha value is -2.25. The summed E-state index contributed by atoms with van der Waals surface area (Å²) in [5.41, 5.74) is 2.68. The van der Waals surface area contributed by atoms with Gasteiger partial charge in [-0.15, -0.1) is 10.2 Å². The zero-order valence-electron chi connectivity index (χ0n) is 12.6. The quantitative estimate of drug-likeness (QED) is 0.846. The number of amides is 2. The lowest BCUT2D eigenvalue weighted by Gasteiger charge is -2.17. The van der Waals surface area contributed by atoms with Gasteiger partial charge in [-0.25, -0.2) is 5.43 Å². The molecular weight excluding hydrogens is 284 g/mol. The van der Waals surface area contributed by atoms with E-state index in [1.54, 1.807) is 0 Å². The van der Waals surface area contributed by atoms with E-state index >= 15 is 0 Å². The van der Waals surface area contributed by atoms with Crippen LogP contribution in [-0.2, 0) is 22.6 Å². The molecule has 1 aromatic heterocycles. The van der Waals surface area contributed by atoms with Gasteiger partial charge in [-0.05, 0) is 19.8 Å². The third-order valence-electron chi connectivity index (χ3n) is 4.04. The van der Waals surface area contributed by atoms with Crippen LogP contribution in [0.5, 0.6) is 0 Å². The Labute approximate surface area is 128 Å². The second-order valence-electron chi connectivity index (χ2n) is 5.73. The first-order valence-corrected chi connectivity index (χ1v) is 7.73. The molecule has 0 saturated carbocycles. The van der Waals surface area contributed by atoms with E-state index in [0.29, 0.717) is 18.6 Å². The van der Waals surface area contributed by atoms with Crippen molar-refractivity contribution < 1.29 is 9.59 Å². The topological polar surface area (TPSA) is 101 Å². The molecule has 2 amide bonds. The summed E-state index contributed by atoms with van der Waals surface area (Å²) in [4.78, 5) is 23.3. The van der Waals surface area contributed by atoms with Gasteiger partial charge in [0, 0.05) is 25.8 Å². The van der Waals surface area contributed by atoms with Crippen LogP contribution in [0, 0.1) is 0 Å². The second-order valence-corrected chi connectivity index (χ2v) is 5.73. The van der Waals surface area contributed by atoms with Crippen LogP contribution >= 0.6 is 0 Å². The van der Waals surface area contributed by atoms with Gasteiger partial charge in [-0.3, -0.25) is 9.59 Å². The molecule has 3 rings (SSSR count). The van der Waals surface area contributed by atoms with Crippen molar-refractivity contribution in [3.8, 4) is 0 Å². The Balaban J connectivity index is 1.69. The Kier molecular flexibility index (Phi) is 4.17. The molecule has 2 N–H and O–H groups in total. The molecule has 0 aliphatic carbocycles. The molecule has 8 nitrogen and oxygen atoms in total. The number of hydrogen-bond acceptors (Lipinski definition) is 5. The largest absolute Gasteiger partial charge is 0.341 e. The molecule has 1 atom stereocenters. The first-order chi connectivity index (χ1) is 10.6. The number of rotatable bonds is 3. The van der Waals surface area contributed by atoms with E-state index in [9.17, 15) is 9.59 Å². The highest BCUT2D eigenvalue weighted by molar-refractivity contribution is 6.39. The van der Waals surface area contributed by atoms with Crippen molar-refractivity contribution in [2.45, 2.75) is 58.0 Å². The van der Waals surface area contributed by atoms with Crippen molar-refractivity contribution in [3.63, 3.8) is 0 Å². The number of aryl methyl sites for hydroxylation is 1. The Bertz CT molecular complexity index is 621. The molecule has 1 aromatic rings. The average molecular weight is 304 g/mol. The molecule has 0 spiro atoms. The smallest absolute Gasteiger partial charge is 0.268 e. The van der Waals surface area contributed by atoms with Gasteiger partial charge in [-0.2, -0.15) is 5.10 Å². The van der Waals surface area contributed by atoms with E-state index in [2.05, 4.69) is 30.6 Å². The fourth-order valence-corrected chi connectivity index (χ4v) is 2.81. The van der Waals surface area contributed by atoms with Crippen LogP contribution in [0.1, 0.15) is 56.7 Å². The summed E-state index contributed by atoms with van der Waals surface area (Å²) in [6.07, 6.45) is 5.03. The minimum absolute atomic E-state index is 0.160. The highest BCUT2D eigenvalue weighted by Crippen LogP contribution is 2.18. The number of hydrazone groups is 1. The van der Waals surface area contributed by atoms with Crippen molar-refractivity contribution in [3.05, 3.63) is 11.6 Å². The van der Waals surface area contributed by atoms with Crippen LogP contribution < -0.4 is 10.7 Å². The summed E-state index contributed by atoms with van der Waals surface area (Å²) in [7, 11) is 0. The molecule has 0 radical (unpaired) electrons. The molecule has 8 heteroatoms. The second kappa shape index (κ2) is 6.25. The summed E-state index contributed by atoms with van der Waals surface area (Å²) in [6, 6.07) is -0.243. The van der Waals surface area contributed by atoms with Crippen molar-refractivity contribution in [2.75, 3.05) is 0 Å². The SMILES string of the molecule is C[C@@H](NC(=O)C1=NNC(=O)CC1)c1nnc2n1CCCCC2. The Morgan fingerprint density at radius 2 is 2.09 bits per heavy atom. The maximum atomic E-state index is 12.2. The number of aromatic nitrogens is 3. The van der Waals surface area contributed by atoms with Crippen LogP contribution in [0.2, 0.25) is 0 Å². The summed E-state index contributed by atoms with van der Waals surface area (Å²) in [6.45, 7) is 2.79. The zero-order chi connectivity index (χ0) is 15.5. The molecular formula is C14H20N6O2. The first-order valence-electron chi connectivity index (χ1n) is 7.73. The van der Waals surface area contributed by atoms with Gasteiger partial charge in [0.1, 0.15) is 11.5 Å². The predicted octanol–water partition coefficient (Wildman–Crippen LogP) is 0.448. The normalized spacial score (nSPS) is 19.5. The van der Waals surface area contributed by atoms with Crippen molar-refractivity contribution >= 4 is 17.5 Å². The summed E-state index contributed by atoms with van der Waals surface area (Å²) in [5, 5.41) is 15.2.